The van der Waals surface area contributed by atoms with Crippen LogP contribution in [0.15, 0.2) is 58.2 Å². The van der Waals surface area contributed by atoms with Gasteiger partial charge >= 0.3 is 5.97 Å². The Morgan fingerprint density at radius 1 is 1.05 bits per heavy atom. The summed E-state index contributed by atoms with van der Waals surface area (Å²) >= 11 is 0. The molecule has 4 rings (SSSR count). The highest BCUT2D eigenvalue weighted by Gasteiger charge is 2.28. The number of hydrogen-bond acceptors (Lipinski definition) is 7. The predicted octanol–water partition coefficient (Wildman–Crippen LogP) is 2.39. The first-order chi connectivity index (χ1) is 18.4. The van der Waals surface area contributed by atoms with Crippen molar-refractivity contribution in [3.63, 3.8) is 0 Å². The first kappa shape index (κ1) is 28.1. The van der Waals surface area contributed by atoms with Gasteiger partial charge in [-0.05, 0) is 57.5 Å². The number of carbonyl (C=O) groups is 2. The molecule has 0 spiro atoms. The van der Waals surface area contributed by atoms with Crippen LogP contribution < -0.4 is 10.3 Å². The van der Waals surface area contributed by atoms with Crippen LogP contribution in [0.2, 0.25) is 0 Å². The van der Waals surface area contributed by atoms with Gasteiger partial charge < -0.3 is 14.4 Å². The number of rotatable bonds is 7. The van der Waals surface area contributed by atoms with Crippen molar-refractivity contribution in [3.05, 3.63) is 75.7 Å². The average Bonchev–Trinajstić information content (AvgIpc) is 3.09. The van der Waals surface area contributed by atoms with E-state index >= 15 is 0 Å². The highest BCUT2D eigenvalue weighted by molar-refractivity contribution is 7.92. The molecule has 0 aliphatic carbocycles. The molecule has 1 saturated heterocycles. The van der Waals surface area contributed by atoms with E-state index in [1.807, 2.05) is 19.9 Å². The van der Waals surface area contributed by atoms with Gasteiger partial charge in [-0.1, -0.05) is 24.3 Å². The van der Waals surface area contributed by atoms with Gasteiger partial charge in [0, 0.05) is 20.1 Å². The van der Waals surface area contributed by atoms with Crippen LogP contribution in [0.5, 0.6) is 0 Å². The maximum Gasteiger partial charge on any atom is 0.338 e. The molecule has 0 radical (unpaired) electrons. The molecule has 2 unspecified atom stereocenters. The number of hydrogen-bond donors (Lipinski definition) is 1. The first-order valence-electron chi connectivity index (χ1n) is 12.5. The quantitative estimate of drug-likeness (QED) is 0.443. The Kier molecular flexibility index (Phi) is 7.98. The van der Waals surface area contributed by atoms with E-state index in [1.54, 1.807) is 54.7 Å². The van der Waals surface area contributed by atoms with Gasteiger partial charge in [0.25, 0.3) is 21.5 Å². The van der Waals surface area contributed by atoms with Crippen molar-refractivity contribution in [3.8, 4) is 5.69 Å². The summed E-state index contributed by atoms with van der Waals surface area (Å²) in [6.07, 6.45) is -0.259. The standard InChI is InChI=1S/C27H32N4O7S/c1-17-11-12-22(13-23(17)27(34)37-16-24(32)30-14-18(2)38-19(3)15-30)39(35,36)28-25-20(4)29(5)31(26(25)33)21-9-7-6-8-10-21/h6-13,18-19,28H,14-16H2,1-5H3. The van der Waals surface area contributed by atoms with E-state index in [0.717, 1.165) is 0 Å². The van der Waals surface area contributed by atoms with E-state index in [2.05, 4.69) is 4.72 Å². The number of carbonyl (C=O) groups excluding carboxylic acids is 2. The Balaban J connectivity index is 1.54. The lowest BCUT2D eigenvalue weighted by Gasteiger charge is -2.35. The Hall–Kier alpha value is -3.90. The molecule has 11 nitrogen and oxygen atoms in total. The fourth-order valence-electron chi connectivity index (χ4n) is 4.55. The third kappa shape index (κ3) is 5.91. The number of benzene rings is 2. The summed E-state index contributed by atoms with van der Waals surface area (Å²) < 4.78 is 42.7. The van der Waals surface area contributed by atoms with Crippen molar-refractivity contribution in [1.82, 2.24) is 14.3 Å². The smallest absolute Gasteiger partial charge is 0.338 e. The van der Waals surface area contributed by atoms with Crippen molar-refractivity contribution in [2.24, 2.45) is 7.05 Å². The molecule has 1 amide bonds. The van der Waals surface area contributed by atoms with Gasteiger partial charge in [0.1, 0.15) is 5.69 Å². The van der Waals surface area contributed by atoms with Crippen LogP contribution >= 0.6 is 0 Å². The van der Waals surface area contributed by atoms with E-state index in [1.165, 1.54) is 22.9 Å². The lowest BCUT2D eigenvalue weighted by Crippen LogP contribution is -2.49. The molecule has 0 saturated carbocycles. The number of esters is 1. The summed E-state index contributed by atoms with van der Waals surface area (Å²) in [7, 11) is -2.60. The third-order valence-electron chi connectivity index (χ3n) is 6.63. The van der Waals surface area contributed by atoms with Gasteiger partial charge in [-0.15, -0.1) is 0 Å². The minimum atomic E-state index is -4.25. The zero-order valence-electron chi connectivity index (χ0n) is 22.5. The maximum absolute atomic E-state index is 13.3. The van der Waals surface area contributed by atoms with Crippen LogP contribution in [0.3, 0.4) is 0 Å². The Labute approximate surface area is 227 Å². The molecule has 2 atom stereocenters. The molecule has 1 aromatic heterocycles. The molecular formula is C27H32N4O7S. The van der Waals surface area contributed by atoms with Gasteiger partial charge in [0.05, 0.1) is 34.0 Å². The highest BCUT2D eigenvalue weighted by atomic mass is 32.2. The molecule has 2 aromatic carbocycles. The van der Waals surface area contributed by atoms with Crippen molar-refractivity contribution in [2.75, 3.05) is 24.4 Å². The van der Waals surface area contributed by atoms with Gasteiger partial charge in [0.2, 0.25) is 0 Å². The molecule has 208 valence electrons. The highest BCUT2D eigenvalue weighted by Crippen LogP contribution is 2.22. The molecule has 3 aromatic rings. The fraction of sp³-hybridized carbons (Fsp3) is 0.370. The van der Waals surface area contributed by atoms with Crippen molar-refractivity contribution in [1.29, 1.82) is 0 Å². The largest absolute Gasteiger partial charge is 0.452 e. The second-order valence-corrected chi connectivity index (χ2v) is 11.3. The number of ether oxygens (including phenoxy) is 2. The van der Waals surface area contributed by atoms with Crippen LogP contribution in [0.1, 0.15) is 35.5 Å². The zero-order valence-corrected chi connectivity index (χ0v) is 23.3. The average molecular weight is 557 g/mol. The monoisotopic (exact) mass is 556 g/mol. The number of nitrogens with one attached hydrogen (secondary N) is 1. The van der Waals surface area contributed by atoms with E-state index in [9.17, 15) is 22.8 Å². The zero-order chi connectivity index (χ0) is 28.5. The molecular weight excluding hydrogens is 524 g/mol. The molecule has 1 aliphatic rings. The molecule has 12 heteroatoms. The van der Waals surface area contributed by atoms with E-state index in [-0.39, 0.29) is 34.3 Å². The van der Waals surface area contributed by atoms with Gasteiger partial charge in [-0.2, -0.15) is 0 Å². The van der Waals surface area contributed by atoms with Gasteiger partial charge in [0.15, 0.2) is 6.61 Å². The summed E-state index contributed by atoms with van der Waals surface area (Å²) in [4.78, 5) is 39.9. The maximum atomic E-state index is 13.3. The van der Waals surface area contributed by atoms with Crippen molar-refractivity contribution >= 4 is 27.6 Å². The fourth-order valence-corrected chi connectivity index (χ4v) is 5.69. The summed E-state index contributed by atoms with van der Waals surface area (Å²) in [6.45, 7) is 7.29. The van der Waals surface area contributed by atoms with Crippen LogP contribution in [0, 0.1) is 13.8 Å². The summed E-state index contributed by atoms with van der Waals surface area (Å²) in [5.74, 6) is -1.18. The van der Waals surface area contributed by atoms with Crippen molar-refractivity contribution in [2.45, 2.75) is 44.8 Å². The molecule has 0 bridgehead atoms. The SMILES string of the molecule is Cc1ccc(S(=O)(=O)Nc2c(C)n(C)n(-c3ccccc3)c2=O)cc1C(=O)OCC(=O)N1CC(C)OC(C)C1. The number of aryl methyl sites for hydroxylation is 1. The van der Waals surface area contributed by atoms with Crippen LogP contribution in [-0.4, -0.2) is 66.5 Å². The number of nitrogens with zero attached hydrogens (tertiary/aromatic N) is 3. The third-order valence-corrected chi connectivity index (χ3v) is 7.98. The number of para-hydroxylation sites is 1. The normalized spacial score (nSPS) is 17.6. The lowest BCUT2D eigenvalue weighted by atomic mass is 10.1. The number of sulfonamides is 1. The van der Waals surface area contributed by atoms with Gasteiger partial charge in [-0.3, -0.25) is 19.0 Å². The van der Waals surface area contributed by atoms with E-state index in [0.29, 0.717) is 30.0 Å². The Bertz CT molecular complexity index is 1550. The second kappa shape index (κ2) is 11.1. The second-order valence-electron chi connectivity index (χ2n) is 9.65. The molecule has 1 aliphatic heterocycles. The lowest BCUT2D eigenvalue weighted by molar-refractivity contribution is -0.146. The Morgan fingerprint density at radius 2 is 1.69 bits per heavy atom. The van der Waals surface area contributed by atoms with Crippen LogP contribution in [0.25, 0.3) is 5.69 Å². The molecule has 1 N–H and O–H groups in total. The molecule has 2 heterocycles. The number of anilines is 1. The summed E-state index contributed by atoms with van der Waals surface area (Å²) in [5, 5.41) is 0. The minimum Gasteiger partial charge on any atom is -0.452 e. The number of amides is 1. The Morgan fingerprint density at radius 3 is 2.33 bits per heavy atom. The van der Waals surface area contributed by atoms with E-state index < -0.39 is 28.2 Å². The predicted molar refractivity (Wildman–Crippen MR) is 145 cm³/mol. The molecule has 1 fully saturated rings. The minimum absolute atomic E-state index is 0.000804. The van der Waals surface area contributed by atoms with E-state index in [4.69, 9.17) is 9.47 Å². The molecule has 39 heavy (non-hydrogen) atoms. The van der Waals surface area contributed by atoms with Crippen molar-refractivity contribution < 1.29 is 27.5 Å². The first-order valence-corrected chi connectivity index (χ1v) is 13.9. The topological polar surface area (TPSA) is 129 Å². The summed E-state index contributed by atoms with van der Waals surface area (Å²) in [6, 6.07) is 12.8. The number of morpholine rings is 1. The number of aromatic nitrogens is 2. The van der Waals surface area contributed by atoms with Crippen LogP contribution in [-0.2, 0) is 31.3 Å². The van der Waals surface area contributed by atoms with Gasteiger partial charge in [-0.25, -0.2) is 17.9 Å². The van der Waals surface area contributed by atoms with Crippen LogP contribution in [0.4, 0.5) is 5.69 Å². The summed E-state index contributed by atoms with van der Waals surface area (Å²) in [5.41, 5.74) is 0.814.